The Kier molecular flexibility index (Phi) is 4.95. The summed E-state index contributed by atoms with van der Waals surface area (Å²) in [6.07, 6.45) is 5.09. The Balaban J connectivity index is 1.60. The molecule has 0 amide bonds. The van der Waals surface area contributed by atoms with Gasteiger partial charge in [-0.05, 0) is 50.5 Å². The SMILES string of the molecule is C[C@H]1CCC[C@H](c2nc(-c3cccc(C#N)c3)no2)N1Cc1ccccn1. The van der Waals surface area contributed by atoms with Crippen LogP contribution in [-0.4, -0.2) is 26.1 Å². The van der Waals surface area contributed by atoms with Crippen molar-refractivity contribution in [3.63, 3.8) is 0 Å². The molecule has 2 aromatic heterocycles. The third kappa shape index (κ3) is 3.74. The largest absolute Gasteiger partial charge is 0.337 e. The first-order valence-corrected chi connectivity index (χ1v) is 9.24. The number of nitrogens with zero attached hydrogens (tertiary/aromatic N) is 5. The van der Waals surface area contributed by atoms with Gasteiger partial charge in [-0.2, -0.15) is 10.2 Å². The van der Waals surface area contributed by atoms with Crippen LogP contribution in [0.2, 0.25) is 0 Å². The third-order valence-electron chi connectivity index (χ3n) is 5.11. The van der Waals surface area contributed by atoms with E-state index in [0.717, 1.165) is 37.1 Å². The number of likely N-dealkylation sites (tertiary alicyclic amines) is 1. The molecule has 0 bridgehead atoms. The molecule has 1 saturated heterocycles. The maximum absolute atomic E-state index is 9.10. The predicted molar refractivity (Wildman–Crippen MR) is 100 cm³/mol. The maximum atomic E-state index is 9.10. The standard InChI is InChI=1S/C21H21N5O/c1-15-6-4-10-19(26(15)14-18-9-2-3-11-23-18)21-24-20(25-27-21)17-8-5-7-16(12-17)13-22/h2-3,5,7-9,11-12,15,19H,4,6,10,14H2,1H3/t15-,19+/m0/s1. The van der Waals surface area contributed by atoms with Gasteiger partial charge in [-0.25, -0.2) is 0 Å². The van der Waals surface area contributed by atoms with Crippen molar-refractivity contribution in [2.75, 3.05) is 0 Å². The molecule has 27 heavy (non-hydrogen) atoms. The monoisotopic (exact) mass is 359 g/mol. The summed E-state index contributed by atoms with van der Waals surface area (Å²) in [4.78, 5) is 11.5. The van der Waals surface area contributed by atoms with Crippen LogP contribution in [-0.2, 0) is 6.54 Å². The number of benzene rings is 1. The Morgan fingerprint density at radius 3 is 2.96 bits per heavy atom. The highest BCUT2D eigenvalue weighted by Gasteiger charge is 2.33. The van der Waals surface area contributed by atoms with Crippen LogP contribution < -0.4 is 0 Å². The van der Waals surface area contributed by atoms with Gasteiger partial charge < -0.3 is 4.52 Å². The lowest BCUT2D eigenvalue weighted by Gasteiger charge is -2.38. The smallest absolute Gasteiger partial charge is 0.244 e. The third-order valence-corrected chi connectivity index (χ3v) is 5.11. The van der Waals surface area contributed by atoms with Crippen LogP contribution in [0.5, 0.6) is 0 Å². The number of nitriles is 1. The fraction of sp³-hybridized carbons (Fsp3) is 0.333. The van der Waals surface area contributed by atoms with Crippen LogP contribution in [0.3, 0.4) is 0 Å². The molecular formula is C21H21N5O. The summed E-state index contributed by atoms with van der Waals surface area (Å²) in [5.74, 6) is 1.16. The van der Waals surface area contributed by atoms with E-state index in [1.165, 1.54) is 0 Å². The second-order valence-electron chi connectivity index (χ2n) is 6.94. The van der Waals surface area contributed by atoms with E-state index in [2.05, 4.69) is 33.0 Å². The Bertz CT molecular complexity index is 946. The van der Waals surface area contributed by atoms with E-state index in [9.17, 15) is 0 Å². The number of rotatable bonds is 4. The number of hydrogen-bond donors (Lipinski definition) is 0. The highest BCUT2D eigenvalue weighted by molar-refractivity contribution is 5.57. The highest BCUT2D eigenvalue weighted by atomic mass is 16.5. The molecule has 1 aliphatic heterocycles. The number of piperidine rings is 1. The van der Waals surface area contributed by atoms with Crippen LogP contribution in [0.4, 0.5) is 0 Å². The van der Waals surface area contributed by atoms with Crippen LogP contribution in [0.25, 0.3) is 11.4 Å². The minimum absolute atomic E-state index is 0.0798. The lowest BCUT2D eigenvalue weighted by molar-refractivity contribution is 0.0621. The Hall–Kier alpha value is -3.04. The first-order chi connectivity index (χ1) is 13.2. The molecule has 1 aromatic carbocycles. The van der Waals surface area contributed by atoms with Crippen molar-refractivity contribution < 1.29 is 4.52 Å². The van der Waals surface area contributed by atoms with E-state index in [1.807, 2.05) is 36.5 Å². The molecule has 0 unspecified atom stereocenters. The summed E-state index contributed by atoms with van der Waals surface area (Å²) in [6.45, 7) is 3.00. The Labute approximate surface area is 158 Å². The predicted octanol–water partition coefficient (Wildman–Crippen LogP) is 4.12. The molecule has 6 nitrogen and oxygen atoms in total. The fourth-order valence-corrected chi connectivity index (χ4v) is 3.67. The topological polar surface area (TPSA) is 78.8 Å². The number of pyridine rings is 1. The zero-order valence-electron chi connectivity index (χ0n) is 15.2. The van der Waals surface area contributed by atoms with Gasteiger partial charge in [-0.1, -0.05) is 23.4 Å². The normalized spacial score (nSPS) is 20.3. The molecule has 6 heteroatoms. The molecule has 1 aliphatic rings. The molecule has 3 heterocycles. The molecule has 0 radical (unpaired) electrons. The van der Waals surface area contributed by atoms with E-state index >= 15 is 0 Å². The van der Waals surface area contributed by atoms with Crippen molar-refractivity contribution in [1.29, 1.82) is 5.26 Å². The quantitative estimate of drug-likeness (QED) is 0.697. The Morgan fingerprint density at radius 1 is 1.22 bits per heavy atom. The van der Waals surface area contributed by atoms with Crippen molar-refractivity contribution in [3.05, 3.63) is 65.8 Å². The molecule has 1 fully saturated rings. The average molecular weight is 359 g/mol. The van der Waals surface area contributed by atoms with Gasteiger partial charge in [0.1, 0.15) is 0 Å². The minimum Gasteiger partial charge on any atom is -0.337 e. The lowest BCUT2D eigenvalue weighted by Crippen LogP contribution is -2.39. The van der Waals surface area contributed by atoms with Crippen molar-refractivity contribution in [3.8, 4) is 17.5 Å². The first kappa shape index (κ1) is 17.4. The molecule has 136 valence electrons. The van der Waals surface area contributed by atoms with Crippen LogP contribution in [0.1, 0.15) is 49.4 Å². The molecule has 2 atom stereocenters. The van der Waals surface area contributed by atoms with Crippen molar-refractivity contribution >= 4 is 0 Å². The van der Waals surface area contributed by atoms with Crippen LogP contribution >= 0.6 is 0 Å². The van der Waals surface area contributed by atoms with E-state index in [-0.39, 0.29) is 6.04 Å². The molecular weight excluding hydrogens is 338 g/mol. The van der Waals surface area contributed by atoms with Gasteiger partial charge in [0.2, 0.25) is 11.7 Å². The van der Waals surface area contributed by atoms with Crippen LogP contribution in [0.15, 0.2) is 53.2 Å². The van der Waals surface area contributed by atoms with E-state index < -0.39 is 0 Å². The van der Waals surface area contributed by atoms with Gasteiger partial charge in [0.05, 0.1) is 23.4 Å². The van der Waals surface area contributed by atoms with E-state index in [0.29, 0.717) is 23.3 Å². The summed E-state index contributed by atoms with van der Waals surface area (Å²) >= 11 is 0. The summed E-state index contributed by atoms with van der Waals surface area (Å²) in [5, 5.41) is 13.3. The Morgan fingerprint density at radius 2 is 2.15 bits per heavy atom. The molecule has 0 aliphatic carbocycles. The van der Waals surface area contributed by atoms with Crippen LogP contribution in [0, 0.1) is 11.3 Å². The average Bonchev–Trinajstić information content (AvgIpc) is 3.20. The van der Waals surface area contributed by atoms with Crippen molar-refractivity contribution in [1.82, 2.24) is 20.0 Å². The number of hydrogen-bond acceptors (Lipinski definition) is 6. The molecule has 0 saturated carbocycles. The first-order valence-electron chi connectivity index (χ1n) is 9.24. The maximum Gasteiger partial charge on any atom is 0.244 e. The van der Waals surface area contributed by atoms with Gasteiger partial charge in [-0.3, -0.25) is 9.88 Å². The summed E-state index contributed by atoms with van der Waals surface area (Å²) in [5.41, 5.74) is 2.42. The summed E-state index contributed by atoms with van der Waals surface area (Å²) in [7, 11) is 0. The fourth-order valence-electron chi connectivity index (χ4n) is 3.67. The lowest BCUT2D eigenvalue weighted by atomic mass is 9.96. The van der Waals surface area contributed by atoms with Gasteiger partial charge >= 0.3 is 0 Å². The molecule has 4 rings (SSSR count). The van der Waals surface area contributed by atoms with Gasteiger partial charge in [-0.15, -0.1) is 0 Å². The van der Waals surface area contributed by atoms with Gasteiger partial charge in [0.15, 0.2) is 0 Å². The van der Waals surface area contributed by atoms with Crippen molar-refractivity contribution in [2.45, 2.75) is 44.8 Å². The zero-order valence-corrected chi connectivity index (χ0v) is 15.2. The minimum atomic E-state index is 0.0798. The molecule has 3 aromatic rings. The highest BCUT2D eigenvalue weighted by Crippen LogP contribution is 2.35. The van der Waals surface area contributed by atoms with Crippen molar-refractivity contribution in [2.24, 2.45) is 0 Å². The summed E-state index contributed by atoms with van der Waals surface area (Å²) in [6, 6.07) is 15.9. The second-order valence-corrected chi connectivity index (χ2v) is 6.94. The van der Waals surface area contributed by atoms with E-state index in [4.69, 9.17) is 9.78 Å². The second kappa shape index (κ2) is 7.68. The number of aromatic nitrogens is 3. The molecule has 0 spiro atoms. The van der Waals surface area contributed by atoms with Gasteiger partial charge in [0.25, 0.3) is 0 Å². The molecule has 0 N–H and O–H groups in total. The van der Waals surface area contributed by atoms with Gasteiger partial charge in [0, 0.05) is 24.3 Å². The van der Waals surface area contributed by atoms with E-state index in [1.54, 1.807) is 12.1 Å². The zero-order chi connectivity index (χ0) is 18.6. The summed E-state index contributed by atoms with van der Waals surface area (Å²) < 4.78 is 5.64.